The number of hydrogen-bond acceptors (Lipinski definition) is 4. The number of nitrogens with zero attached hydrogens (tertiary/aromatic N) is 3. The van der Waals surface area contributed by atoms with Gasteiger partial charge in [-0.1, -0.05) is 29.8 Å². The number of aromatic nitrogens is 3. The van der Waals surface area contributed by atoms with Crippen LogP contribution in [0.3, 0.4) is 0 Å². The SMILES string of the molecule is O=C(Nc1cccc(-c2cnc3c(NC(=O)c4cccc(C(F)(F)F)c4)nccn23)c1)c1ccc(Cl)c(C(F)(F)F)c1. The third kappa shape index (κ3) is 5.91. The van der Waals surface area contributed by atoms with E-state index >= 15 is 0 Å². The molecular formula is C28H16ClF6N5O2. The summed E-state index contributed by atoms with van der Waals surface area (Å²) in [5, 5.41) is 4.49. The molecule has 0 fully saturated rings. The number of rotatable bonds is 5. The lowest BCUT2D eigenvalue weighted by molar-refractivity contribution is -0.138. The maximum absolute atomic E-state index is 13.2. The van der Waals surface area contributed by atoms with E-state index in [1.807, 2.05) is 0 Å². The number of amides is 2. The van der Waals surface area contributed by atoms with E-state index in [2.05, 4.69) is 20.6 Å². The predicted octanol–water partition coefficient (Wildman–Crippen LogP) is 7.59. The van der Waals surface area contributed by atoms with Gasteiger partial charge in [0.05, 0.1) is 28.0 Å². The van der Waals surface area contributed by atoms with Crippen molar-refractivity contribution in [3.05, 3.63) is 113 Å². The van der Waals surface area contributed by atoms with Gasteiger partial charge < -0.3 is 10.6 Å². The van der Waals surface area contributed by atoms with Crippen LogP contribution in [0.1, 0.15) is 31.8 Å². The molecule has 0 radical (unpaired) electrons. The molecule has 5 rings (SSSR count). The summed E-state index contributed by atoms with van der Waals surface area (Å²) >= 11 is 5.64. The molecule has 0 spiro atoms. The molecule has 3 aromatic carbocycles. The zero-order chi connectivity index (χ0) is 30.2. The first-order chi connectivity index (χ1) is 19.8. The molecule has 2 amide bonds. The van der Waals surface area contributed by atoms with Crippen molar-refractivity contribution in [2.45, 2.75) is 12.4 Å². The fourth-order valence-electron chi connectivity index (χ4n) is 4.08. The number of alkyl halides is 6. The Bertz CT molecular complexity index is 1830. The summed E-state index contributed by atoms with van der Waals surface area (Å²) < 4.78 is 80.4. The van der Waals surface area contributed by atoms with E-state index < -0.39 is 40.3 Å². The fourth-order valence-corrected chi connectivity index (χ4v) is 4.31. The number of benzene rings is 3. The first-order valence-electron chi connectivity index (χ1n) is 11.9. The van der Waals surface area contributed by atoms with Gasteiger partial charge in [0.1, 0.15) is 0 Å². The third-order valence-corrected chi connectivity index (χ3v) is 6.39. The van der Waals surface area contributed by atoms with Gasteiger partial charge in [-0.05, 0) is 48.5 Å². The van der Waals surface area contributed by atoms with Crippen LogP contribution in [-0.2, 0) is 12.4 Å². The van der Waals surface area contributed by atoms with Crippen LogP contribution in [0.4, 0.5) is 37.8 Å². The number of carbonyl (C=O) groups excluding carboxylic acids is 2. The maximum Gasteiger partial charge on any atom is 0.417 e. The average Bonchev–Trinajstić information content (AvgIpc) is 3.38. The van der Waals surface area contributed by atoms with Gasteiger partial charge in [-0.3, -0.25) is 14.0 Å². The minimum atomic E-state index is -4.74. The Hall–Kier alpha value is -4.91. The largest absolute Gasteiger partial charge is 0.417 e. The van der Waals surface area contributed by atoms with Crippen LogP contribution in [0.2, 0.25) is 5.02 Å². The molecule has 0 unspecified atom stereocenters. The molecule has 2 N–H and O–H groups in total. The van der Waals surface area contributed by atoms with Crippen LogP contribution in [0.25, 0.3) is 16.9 Å². The summed E-state index contributed by atoms with van der Waals surface area (Å²) in [4.78, 5) is 33.8. The van der Waals surface area contributed by atoms with Crippen LogP contribution >= 0.6 is 11.6 Å². The number of fused-ring (bicyclic) bond motifs is 1. The molecule has 0 aliphatic rings. The highest BCUT2D eigenvalue weighted by atomic mass is 35.5. The zero-order valence-corrected chi connectivity index (χ0v) is 21.6. The lowest BCUT2D eigenvalue weighted by Gasteiger charge is -2.12. The topological polar surface area (TPSA) is 88.4 Å². The highest BCUT2D eigenvalue weighted by Crippen LogP contribution is 2.35. The van der Waals surface area contributed by atoms with Crippen LogP contribution < -0.4 is 10.6 Å². The van der Waals surface area contributed by atoms with Crippen molar-refractivity contribution in [3.63, 3.8) is 0 Å². The quantitative estimate of drug-likeness (QED) is 0.203. The number of hydrogen-bond donors (Lipinski definition) is 2. The van der Waals surface area contributed by atoms with Crippen molar-refractivity contribution in [1.29, 1.82) is 0 Å². The van der Waals surface area contributed by atoms with Gasteiger partial charge in [-0.25, -0.2) is 9.97 Å². The predicted molar refractivity (Wildman–Crippen MR) is 142 cm³/mol. The molecule has 42 heavy (non-hydrogen) atoms. The normalized spacial score (nSPS) is 11.9. The lowest BCUT2D eigenvalue weighted by Crippen LogP contribution is -2.15. The smallest absolute Gasteiger partial charge is 0.322 e. The van der Waals surface area contributed by atoms with Crippen LogP contribution in [-0.4, -0.2) is 26.2 Å². The highest BCUT2D eigenvalue weighted by Gasteiger charge is 2.34. The highest BCUT2D eigenvalue weighted by molar-refractivity contribution is 6.31. The van der Waals surface area contributed by atoms with Crippen molar-refractivity contribution in [2.24, 2.45) is 0 Å². The number of carbonyl (C=O) groups is 2. The lowest BCUT2D eigenvalue weighted by atomic mass is 10.1. The number of imidazole rings is 1. The van der Waals surface area contributed by atoms with Gasteiger partial charge >= 0.3 is 12.4 Å². The second-order valence-electron chi connectivity index (χ2n) is 8.87. The molecule has 0 atom stereocenters. The minimum Gasteiger partial charge on any atom is -0.322 e. The molecule has 0 aliphatic heterocycles. The zero-order valence-electron chi connectivity index (χ0n) is 20.9. The van der Waals surface area contributed by atoms with E-state index in [1.165, 1.54) is 36.8 Å². The Morgan fingerprint density at radius 2 is 1.50 bits per heavy atom. The summed E-state index contributed by atoms with van der Waals surface area (Å²) in [5.74, 6) is -1.64. The molecule has 0 saturated carbocycles. The maximum atomic E-state index is 13.2. The molecule has 2 heterocycles. The molecule has 14 heteroatoms. The van der Waals surface area contributed by atoms with Crippen molar-refractivity contribution in [1.82, 2.24) is 14.4 Å². The number of nitrogens with one attached hydrogen (secondary N) is 2. The van der Waals surface area contributed by atoms with Crippen LogP contribution in [0.5, 0.6) is 0 Å². The monoisotopic (exact) mass is 603 g/mol. The average molecular weight is 604 g/mol. The van der Waals surface area contributed by atoms with Gasteiger partial charge in [0.25, 0.3) is 11.8 Å². The second-order valence-corrected chi connectivity index (χ2v) is 9.28. The molecule has 5 aromatic rings. The van der Waals surface area contributed by atoms with E-state index in [0.29, 0.717) is 17.3 Å². The van der Waals surface area contributed by atoms with Crippen molar-refractivity contribution in [3.8, 4) is 11.3 Å². The molecular weight excluding hydrogens is 588 g/mol. The standard InChI is InChI=1S/C28H16ClF6N5O2/c29-21-8-7-17(13-20(21)28(33,34)35)25(41)38-19-6-2-3-15(12-19)22-14-37-24-23(36-9-10-40(22)24)39-26(42)16-4-1-5-18(11-16)27(30,31)32/h1-14H,(H,38,41)(H,36,39,42). The molecule has 0 aliphatic carbocycles. The first-order valence-corrected chi connectivity index (χ1v) is 12.3. The third-order valence-electron chi connectivity index (χ3n) is 6.06. The minimum absolute atomic E-state index is 0.0150. The Kier molecular flexibility index (Phi) is 7.37. The van der Waals surface area contributed by atoms with E-state index in [9.17, 15) is 35.9 Å². The summed E-state index contributed by atoms with van der Waals surface area (Å²) in [6.07, 6.45) is -5.02. The molecule has 2 aromatic heterocycles. The van der Waals surface area contributed by atoms with Gasteiger partial charge in [-0.15, -0.1) is 0 Å². The van der Waals surface area contributed by atoms with Crippen molar-refractivity contribution in [2.75, 3.05) is 10.6 Å². The Morgan fingerprint density at radius 1 is 0.786 bits per heavy atom. The van der Waals surface area contributed by atoms with Gasteiger partial charge in [0.15, 0.2) is 11.5 Å². The Balaban J connectivity index is 1.39. The summed E-state index contributed by atoms with van der Waals surface area (Å²) in [6.45, 7) is 0. The summed E-state index contributed by atoms with van der Waals surface area (Å²) in [5.41, 5.74) is -1.12. The van der Waals surface area contributed by atoms with E-state index in [-0.39, 0.29) is 28.3 Å². The van der Waals surface area contributed by atoms with Crippen LogP contribution in [0, 0.1) is 0 Å². The molecule has 214 valence electrons. The summed E-state index contributed by atoms with van der Waals surface area (Å²) in [7, 11) is 0. The fraction of sp³-hybridized carbons (Fsp3) is 0.0714. The number of halogens is 7. The van der Waals surface area contributed by atoms with E-state index in [4.69, 9.17) is 11.6 Å². The Morgan fingerprint density at radius 3 is 2.24 bits per heavy atom. The summed E-state index contributed by atoms with van der Waals surface area (Å²) in [6, 6.07) is 13.1. The first kappa shape index (κ1) is 28.6. The number of anilines is 2. The Labute approximate surface area is 237 Å². The van der Waals surface area contributed by atoms with Gasteiger partial charge in [-0.2, -0.15) is 26.3 Å². The van der Waals surface area contributed by atoms with Crippen molar-refractivity contribution < 1.29 is 35.9 Å². The van der Waals surface area contributed by atoms with Gasteiger partial charge in [0.2, 0.25) is 0 Å². The molecule has 7 nitrogen and oxygen atoms in total. The second kappa shape index (κ2) is 10.8. The van der Waals surface area contributed by atoms with E-state index in [1.54, 1.807) is 22.6 Å². The van der Waals surface area contributed by atoms with E-state index in [0.717, 1.165) is 24.3 Å². The van der Waals surface area contributed by atoms with Crippen LogP contribution in [0.15, 0.2) is 85.3 Å². The van der Waals surface area contributed by atoms with Crippen molar-refractivity contribution >= 4 is 40.6 Å². The van der Waals surface area contributed by atoms with Gasteiger partial charge in [0, 0.05) is 34.8 Å². The molecule has 0 bridgehead atoms. The molecule has 0 saturated heterocycles.